The van der Waals surface area contributed by atoms with E-state index in [0.29, 0.717) is 6.10 Å². The Morgan fingerprint density at radius 3 is 2.33 bits per heavy atom. The molecule has 0 N–H and O–H groups in total. The van der Waals surface area contributed by atoms with E-state index in [0.717, 1.165) is 6.42 Å². The molecular weight excluding hydrogens is 144 g/mol. The fourth-order valence-corrected chi connectivity index (χ4v) is 0.327. The highest BCUT2D eigenvalue weighted by molar-refractivity contribution is 9.06. The summed E-state index contributed by atoms with van der Waals surface area (Å²) >= 11 is 2.87. The van der Waals surface area contributed by atoms with Crippen LogP contribution >= 0.6 is 16.3 Å². The van der Waals surface area contributed by atoms with Crippen molar-refractivity contribution in [3.8, 4) is 0 Å². The van der Waals surface area contributed by atoms with Crippen molar-refractivity contribution in [3.63, 3.8) is 0 Å². The average molecular weight is 153 g/mol. The van der Waals surface area contributed by atoms with Crippen LogP contribution in [-0.2, 0) is 3.83 Å². The quantitative estimate of drug-likeness (QED) is 0.590. The van der Waals surface area contributed by atoms with Gasteiger partial charge in [-0.3, -0.25) is 0 Å². The highest BCUT2D eigenvalue weighted by Crippen LogP contribution is 1.98. The smallest absolute Gasteiger partial charge is 0.0990 e. The van der Waals surface area contributed by atoms with Crippen LogP contribution < -0.4 is 0 Å². The van der Waals surface area contributed by atoms with Gasteiger partial charge in [0.1, 0.15) is 0 Å². The highest BCUT2D eigenvalue weighted by Gasteiger charge is 1.90. The normalized spacial score (nSPS) is 14.5. The van der Waals surface area contributed by atoms with Crippen molar-refractivity contribution in [2.75, 3.05) is 0 Å². The minimum absolute atomic E-state index is 0.352. The van der Waals surface area contributed by atoms with Gasteiger partial charge in [-0.25, -0.2) is 0 Å². The summed E-state index contributed by atoms with van der Waals surface area (Å²) in [4.78, 5) is 0. The molecule has 0 aromatic rings. The van der Waals surface area contributed by atoms with Crippen molar-refractivity contribution in [3.05, 3.63) is 0 Å². The van der Waals surface area contributed by atoms with Crippen molar-refractivity contribution in [1.82, 2.24) is 0 Å². The molecule has 0 aromatic carbocycles. The van der Waals surface area contributed by atoms with Crippen LogP contribution in [-0.4, -0.2) is 6.10 Å². The zero-order valence-electron chi connectivity index (χ0n) is 4.07. The average Bonchev–Trinajstić information content (AvgIpc) is 1.65. The molecule has 1 unspecified atom stereocenters. The van der Waals surface area contributed by atoms with Crippen LogP contribution in [0.1, 0.15) is 20.3 Å². The molecule has 0 fully saturated rings. The summed E-state index contributed by atoms with van der Waals surface area (Å²) in [5.74, 6) is 0. The van der Waals surface area contributed by atoms with Gasteiger partial charge in [-0.1, -0.05) is 6.92 Å². The van der Waals surface area contributed by atoms with Crippen LogP contribution in [0.4, 0.5) is 0 Å². The Bertz CT molecular complexity index is 26.7. The Hall–Kier alpha value is 0.440. The second-order valence-corrected chi connectivity index (χ2v) is 1.68. The van der Waals surface area contributed by atoms with Gasteiger partial charge in [0, 0.05) is 0 Å². The van der Waals surface area contributed by atoms with E-state index in [9.17, 15) is 0 Å². The lowest BCUT2D eigenvalue weighted by Crippen LogP contribution is -1.95. The molecule has 1 atom stereocenters. The summed E-state index contributed by atoms with van der Waals surface area (Å²) in [6.07, 6.45) is 1.41. The zero-order valence-corrected chi connectivity index (χ0v) is 5.66. The van der Waals surface area contributed by atoms with Crippen molar-refractivity contribution in [2.45, 2.75) is 26.4 Å². The maximum Gasteiger partial charge on any atom is 0.0990 e. The standard InChI is InChI=1S/C4H9BrO/c1-3-4(2)6-5/h4H,3H2,1-2H3. The molecule has 1 nitrogen and oxygen atoms in total. The van der Waals surface area contributed by atoms with Gasteiger partial charge < -0.3 is 3.83 Å². The second-order valence-electron chi connectivity index (χ2n) is 1.31. The fraction of sp³-hybridized carbons (Fsp3) is 1.00. The molecule has 0 radical (unpaired) electrons. The molecule has 38 valence electrons. The van der Waals surface area contributed by atoms with Crippen LogP contribution in [0.2, 0.25) is 0 Å². The SMILES string of the molecule is CCC(C)OBr. The largest absolute Gasteiger partial charge is 0.305 e. The van der Waals surface area contributed by atoms with E-state index in [4.69, 9.17) is 3.83 Å². The Morgan fingerprint density at radius 2 is 2.33 bits per heavy atom. The van der Waals surface area contributed by atoms with Crippen LogP contribution in [0.5, 0.6) is 0 Å². The molecule has 6 heavy (non-hydrogen) atoms. The fourth-order valence-electron chi connectivity index (χ4n) is 0.0630. The predicted octanol–water partition coefficient (Wildman–Crippen LogP) is 2.11. The van der Waals surface area contributed by atoms with E-state index in [-0.39, 0.29) is 0 Å². The first kappa shape index (κ1) is 6.44. The Kier molecular flexibility index (Phi) is 3.89. The minimum Gasteiger partial charge on any atom is -0.305 e. The van der Waals surface area contributed by atoms with Gasteiger partial charge in [-0.15, -0.1) is 0 Å². The molecule has 0 aliphatic carbocycles. The number of halogens is 1. The van der Waals surface area contributed by atoms with Crippen molar-refractivity contribution < 1.29 is 3.83 Å². The van der Waals surface area contributed by atoms with E-state index in [1.54, 1.807) is 0 Å². The lowest BCUT2D eigenvalue weighted by molar-refractivity contribution is 0.277. The Labute approximate surface area is 47.1 Å². The number of hydrogen-bond acceptors (Lipinski definition) is 1. The molecule has 0 saturated heterocycles. The summed E-state index contributed by atoms with van der Waals surface area (Å²) in [5, 5.41) is 0. The molecule has 0 spiro atoms. The van der Waals surface area contributed by atoms with E-state index >= 15 is 0 Å². The van der Waals surface area contributed by atoms with Crippen LogP contribution in [0.3, 0.4) is 0 Å². The molecule has 0 rings (SSSR count). The maximum absolute atomic E-state index is 4.71. The first-order valence-electron chi connectivity index (χ1n) is 2.08. The monoisotopic (exact) mass is 152 g/mol. The van der Waals surface area contributed by atoms with Gasteiger partial charge in [0.05, 0.1) is 22.4 Å². The van der Waals surface area contributed by atoms with Gasteiger partial charge >= 0.3 is 0 Å². The zero-order chi connectivity index (χ0) is 4.99. The molecule has 0 aromatic heterocycles. The van der Waals surface area contributed by atoms with Gasteiger partial charge in [0.25, 0.3) is 0 Å². The maximum atomic E-state index is 4.71. The summed E-state index contributed by atoms with van der Waals surface area (Å²) in [6.45, 7) is 4.08. The van der Waals surface area contributed by atoms with E-state index < -0.39 is 0 Å². The molecule has 0 bridgehead atoms. The van der Waals surface area contributed by atoms with E-state index in [1.807, 2.05) is 6.92 Å². The first-order chi connectivity index (χ1) is 2.81. The van der Waals surface area contributed by atoms with Gasteiger partial charge in [-0.2, -0.15) is 0 Å². The van der Waals surface area contributed by atoms with Crippen molar-refractivity contribution in [1.29, 1.82) is 0 Å². The minimum atomic E-state index is 0.352. The summed E-state index contributed by atoms with van der Waals surface area (Å²) in [6, 6.07) is 0. The first-order valence-corrected chi connectivity index (χ1v) is 2.73. The molecule has 0 saturated carbocycles. The third-order valence-corrected chi connectivity index (χ3v) is 1.37. The van der Waals surface area contributed by atoms with Gasteiger partial charge in [0.15, 0.2) is 0 Å². The summed E-state index contributed by atoms with van der Waals surface area (Å²) < 4.78 is 4.71. The van der Waals surface area contributed by atoms with Crippen LogP contribution in [0.15, 0.2) is 0 Å². The molecular formula is C4H9BrO. The molecule has 0 aliphatic rings. The number of hydrogen-bond donors (Lipinski definition) is 0. The van der Waals surface area contributed by atoms with Gasteiger partial charge in [-0.05, 0) is 13.3 Å². The summed E-state index contributed by atoms with van der Waals surface area (Å²) in [7, 11) is 0. The molecule has 2 heteroatoms. The van der Waals surface area contributed by atoms with Crippen molar-refractivity contribution >= 4 is 16.3 Å². The molecule has 0 heterocycles. The topological polar surface area (TPSA) is 9.23 Å². The Morgan fingerprint density at radius 1 is 1.83 bits per heavy atom. The third kappa shape index (κ3) is 2.67. The Balaban J connectivity index is 2.75. The second kappa shape index (κ2) is 3.62. The van der Waals surface area contributed by atoms with Crippen LogP contribution in [0, 0.1) is 0 Å². The van der Waals surface area contributed by atoms with E-state index in [1.165, 1.54) is 0 Å². The van der Waals surface area contributed by atoms with Crippen molar-refractivity contribution in [2.24, 2.45) is 0 Å². The lowest BCUT2D eigenvalue weighted by Gasteiger charge is -1.98. The summed E-state index contributed by atoms with van der Waals surface area (Å²) in [5.41, 5.74) is 0. The van der Waals surface area contributed by atoms with Crippen LogP contribution in [0.25, 0.3) is 0 Å². The number of rotatable bonds is 2. The highest BCUT2D eigenvalue weighted by atomic mass is 79.9. The molecule has 0 aliphatic heterocycles. The predicted molar refractivity (Wildman–Crippen MR) is 29.8 cm³/mol. The lowest BCUT2D eigenvalue weighted by atomic mass is 10.3. The molecule has 0 amide bonds. The van der Waals surface area contributed by atoms with E-state index in [2.05, 4.69) is 23.2 Å². The third-order valence-electron chi connectivity index (χ3n) is 0.727. The van der Waals surface area contributed by atoms with Gasteiger partial charge in [0.2, 0.25) is 0 Å².